The Morgan fingerprint density at radius 3 is 2.68 bits per heavy atom. The Bertz CT molecular complexity index is 391. The number of pyridine rings is 1. The summed E-state index contributed by atoms with van der Waals surface area (Å²) in [6, 6.07) is 5.09. The molecule has 1 aromatic rings. The van der Waals surface area contributed by atoms with Crippen molar-refractivity contribution in [2.75, 3.05) is 12.3 Å². The molecule has 0 aliphatic heterocycles. The summed E-state index contributed by atoms with van der Waals surface area (Å²) in [5, 5.41) is 2.87. The normalized spacial score (nSPS) is 10.7. The Balaban J connectivity index is 2.11. The maximum atomic E-state index is 11.7. The fourth-order valence-corrected chi connectivity index (χ4v) is 1.90. The maximum Gasteiger partial charge on any atom is 0.269 e. The first-order valence-electron chi connectivity index (χ1n) is 7.10. The van der Waals surface area contributed by atoms with Crippen LogP contribution in [0.4, 0.5) is 5.82 Å². The minimum Gasteiger partial charge on any atom is -0.384 e. The number of nitrogen functional groups attached to an aromatic ring is 1. The molecule has 0 unspecified atom stereocenters. The number of carbonyl (C=O) groups is 1. The van der Waals surface area contributed by atoms with Gasteiger partial charge in [0.25, 0.3) is 5.91 Å². The van der Waals surface area contributed by atoms with Crippen molar-refractivity contribution in [1.29, 1.82) is 0 Å². The summed E-state index contributed by atoms with van der Waals surface area (Å²) in [5.41, 5.74) is 5.93. The van der Waals surface area contributed by atoms with Crippen LogP contribution in [-0.4, -0.2) is 17.4 Å². The fourth-order valence-electron chi connectivity index (χ4n) is 1.90. The molecule has 1 rings (SSSR count). The molecule has 0 aromatic carbocycles. The van der Waals surface area contributed by atoms with Crippen molar-refractivity contribution in [2.24, 2.45) is 5.92 Å². The number of hydrogen-bond donors (Lipinski definition) is 2. The predicted octanol–water partition coefficient (Wildman–Crippen LogP) is 3.00. The molecule has 4 nitrogen and oxygen atoms in total. The van der Waals surface area contributed by atoms with E-state index in [4.69, 9.17) is 5.73 Å². The van der Waals surface area contributed by atoms with Crippen LogP contribution in [0.2, 0.25) is 0 Å². The molecule has 19 heavy (non-hydrogen) atoms. The summed E-state index contributed by atoms with van der Waals surface area (Å²) < 4.78 is 0. The van der Waals surface area contributed by atoms with Crippen molar-refractivity contribution in [3.8, 4) is 0 Å². The Hall–Kier alpha value is -1.58. The van der Waals surface area contributed by atoms with E-state index < -0.39 is 0 Å². The summed E-state index contributed by atoms with van der Waals surface area (Å²) in [6.45, 7) is 5.20. The van der Waals surface area contributed by atoms with Gasteiger partial charge in [0.15, 0.2) is 0 Å². The van der Waals surface area contributed by atoms with Gasteiger partial charge in [0.05, 0.1) is 0 Å². The third-order valence-electron chi connectivity index (χ3n) is 3.00. The molecule has 0 saturated heterocycles. The van der Waals surface area contributed by atoms with Gasteiger partial charge in [0.1, 0.15) is 11.5 Å². The van der Waals surface area contributed by atoms with Crippen molar-refractivity contribution in [3.63, 3.8) is 0 Å². The van der Waals surface area contributed by atoms with E-state index in [1.165, 1.54) is 19.3 Å². The lowest BCUT2D eigenvalue weighted by Crippen LogP contribution is -2.25. The quantitative estimate of drug-likeness (QED) is 0.708. The molecular weight excluding hydrogens is 238 g/mol. The first kappa shape index (κ1) is 15.5. The highest BCUT2D eigenvalue weighted by atomic mass is 16.1. The van der Waals surface area contributed by atoms with Crippen LogP contribution in [0.25, 0.3) is 0 Å². The van der Waals surface area contributed by atoms with Gasteiger partial charge in [-0.1, -0.05) is 45.6 Å². The molecule has 1 amide bonds. The minimum absolute atomic E-state index is 0.144. The van der Waals surface area contributed by atoms with Gasteiger partial charge in [0, 0.05) is 6.54 Å². The number of carbonyl (C=O) groups excluding carboxylic acids is 1. The van der Waals surface area contributed by atoms with Crippen LogP contribution < -0.4 is 11.1 Å². The number of nitrogens with two attached hydrogens (primary N) is 1. The second-order valence-corrected chi connectivity index (χ2v) is 5.30. The maximum absolute atomic E-state index is 11.7. The molecule has 0 aliphatic carbocycles. The van der Waals surface area contributed by atoms with E-state index in [1.54, 1.807) is 18.2 Å². The molecule has 0 aliphatic rings. The molecule has 4 heteroatoms. The zero-order chi connectivity index (χ0) is 14.1. The number of aromatic nitrogens is 1. The van der Waals surface area contributed by atoms with Crippen molar-refractivity contribution >= 4 is 11.7 Å². The van der Waals surface area contributed by atoms with Gasteiger partial charge in [-0.05, 0) is 24.5 Å². The predicted molar refractivity (Wildman–Crippen MR) is 78.9 cm³/mol. The zero-order valence-corrected chi connectivity index (χ0v) is 12.0. The molecule has 106 valence electrons. The summed E-state index contributed by atoms with van der Waals surface area (Å²) >= 11 is 0. The number of amides is 1. The van der Waals surface area contributed by atoms with E-state index in [0.29, 0.717) is 18.1 Å². The van der Waals surface area contributed by atoms with Crippen LogP contribution in [0, 0.1) is 5.92 Å². The van der Waals surface area contributed by atoms with E-state index >= 15 is 0 Å². The van der Waals surface area contributed by atoms with Crippen molar-refractivity contribution in [1.82, 2.24) is 10.3 Å². The summed E-state index contributed by atoms with van der Waals surface area (Å²) in [4.78, 5) is 15.7. The van der Waals surface area contributed by atoms with E-state index in [0.717, 1.165) is 18.8 Å². The van der Waals surface area contributed by atoms with E-state index in [2.05, 4.69) is 24.1 Å². The Morgan fingerprint density at radius 1 is 1.26 bits per heavy atom. The molecule has 0 spiro atoms. The molecule has 1 aromatic heterocycles. The van der Waals surface area contributed by atoms with E-state index in [-0.39, 0.29) is 5.91 Å². The molecule has 0 atom stereocenters. The average Bonchev–Trinajstić information content (AvgIpc) is 2.37. The second kappa shape index (κ2) is 8.51. The summed E-state index contributed by atoms with van der Waals surface area (Å²) in [6.07, 6.45) is 6.00. The highest BCUT2D eigenvalue weighted by molar-refractivity contribution is 5.92. The van der Waals surface area contributed by atoms with Gasteiger partial charge >= 0.3 is 0 Å². The van der Waals surface area contributed by atoms with Gasteiger partial charge in [-0.25, -0.2) is 4.98 Å². The van der Waals surface area contributed by atoms with Gasteiger partial charge in [-0.3, -0.25) is 4.79 Å². The molecule has 0 bridgehead atoms. The largest absolute Gasteiger partial charge is 0.384 e. The van der Waals surface area contributed by atoms with Crippen molar-refractivity contribution in [3.05, 3.63) is 23.9 Å². The Kier molecular flexibility index (Phi) is 6.93. The van der Waals surface area contributed by atoms with Crippen molar-refractivity contribution < 1.29 is 4.79 Å². The van der Waals surface area contributed by atoms with Crippen LogP contribution in [0.15, 0.2) is 18.2 Å². The second-order valence-electron chi connectivity index (χ2n) is 5.30. The highest BCUT2D eigenvalue weighted by Crippen LogP contribution is 2.09. The number of anilines is 1. The first-order valence-corrected chi connectivity index (χ1v) is 7.10. The molecule has 1 heterocycles. The van der Waals surface area contributed by atoms with Crippen LogP contribution in [0.3, 0.4) is 0 Å². The monoisotopic (exact) mass is 263 g/mol. The SMILES string of the molecule is CC(C)CCCCCCNC(=O)c1cccc(N)n1. The highest BCUT2D eigenvalue weighted by Gasteiger charge is 2.05. The van der Waals surface area contributed by atoms with Crippen LogP contribution >= 0.6 is 0 Å². The molecule has 0 fully saturated rings. The van der Waals surface area contributed by atoms with Crippen LogP contribution in [-0.2, 0) is 0 Å². The third-order valence-corrected chi connectivity index (χ3v) is 3.00. The van der Waals surface area contributed by atoms with Crippen molar-refractivity contribution in [2.45, 2.75) is 46.0 Å². The lowest BCUT2D eigenvalue weighted by Gasteiger charge is -2.06. The minimum atomic E-state index is -0.144. The topological polar surface area (TPSA) is 68.0 Å². The van der Waals surface area contributed by atoms with Crippen LogP contribution in [0.5, 0.6) is 0 Å². The first-order chi connectivity index (χ1) is 9.09. The van der Waals surface area contributed by atoms with Gasteiger partial charge in [0.2, 0.25) is 0 Å². The summed E-state index contributed by atoms with van der Waals surface area (Å²) in [7, 11) is 0. The van der Waals surface area contributed by atoms with Gasteiger partial charge in [-0.15, -0.1) is 0 Å². The van der Waals surface area contributed by atoms with E-state index in [1.807, 2.05) is 0 Å². The number of nitrogens with zero attached hydrogens (tertiary/aromatic N) is 1. The number of unbranched alkanes of at least 4 members (excludes halogenated alkanes) is 3. The van der Waals surface area contributed by atoms with E-state index in [9.17, 15) is 4.79 Å². The zero-order valence-electron chi connectivity index (χ0n) is 12.0. The molecule has 0 saturated carbocycles. The van der Waals surface area contributed by atoms with Crippen LogP contribution in [0.1, 0.15) is 56.4 Å². The lowest BCUT2D eigenvalue weighted by atomic mass is 10.0. The molecule has 3 N–H and O–H groups in total. The standard InChI is InChI=1S/C15H25N3O/c1-12(2)8-5-3-4-6-11-17-15(19)13-9-7-10-14(16)18-13/h7,9-10,12H,3-6,8,11H2,1-2H3,(H2,16,18)(H,17,19). The number of rotatable bonds is 8. The summed E-state index contributed by atoms with van der Waals surface area (Å²) in [5.74, 6) is 1.02. The smallest absolute Gasteiger partial charge is 0.269 e. The Morgan fingerprint density at radius 2 is 2.00 bits per heavy atom. The lowest BCUT2D eigenvalue weighted by molar-refractivity contribution is 0.0948. The number of hydrogen-bond acceptors (Lipinski definition) is 3. The average molecular weight is 263 g/mol. The van der Waals surface area contributed by atoms with Gasteiger partial charge < -0.3 is 11.1 Å². The fraction of sp³-hybridized carbons (Fsp3) is 0.600. The third kappa shape index (κ3) is 6.79. The van der Waals surface area contributed by atoms with Gasteiger partial charge in [-0.2, -0.15) is 0 Å². The number of nitrogens with one attached hydrogen (secondary N) is 1. The molecular formula is C15H25N3O. The Labute approximate surface area is 115 Å². The molecule has 0 radical (unpaired) electrons.